The molecule has 3 aromatic rings. The Morgan fingerprint density at radius 1 is 1.14 bits per heavy atom. The number of amides is 1. The minimum absolute atomic E-state index is 0.351. The predicted octanol–water partition coefficient (Wildman–Crippen LogP) is 2.76. The van der Waals surface area contributed by atoms with E-state index in [2.05, 4.69) is 14.1 Å². The number of hydrogen-bond acceptors (Lipinski definition) is 6. The van der Waals surface area contributed by atoms with Crippen molar-refractivity contribution in [3.05, 3.63) is 40.9 Å². The Balaban J connectivity index is 2.00. The molecule has 0 spiro atoms. The largest absolute Gasteiger partial charge is 0.399 e. The summed E-state index contributed by atoms with van der Waals surface area (Å²) in [6.45, 7) is 0. The quantitative estimate of drug-likeness (QED) is 0.629. The predicted molar refractivity (Wildman–Crippen MR) is 85.6 cm³/mol. The topological polar surface area (TPSA) is 107 Å². The number of hydrogen-bond donors (Lipinski definition) is 3. The van der Waals surface area contributed by atoms with Crippen LogP contribution in [0.4, 0.5) is 17.1 Å². The van der Waals surface area contributed by atoms with E-state index in [9.17, 15) is 4.79 Å². The van der Waals surface area contributed by atoms with Crippen LogP contribution in [0, 0.1) is 0 Å². The number of carbonyl (C=O) groups excluding carboxylic acids is 1. The van der Waals surface area contributed by atoms with Crippen LogP contribution in [-0.2, 0) is 0 Å². The summed E-state index contributed by atoms with van der Waals surface area (Å²) in [6.07, 6.45) is 0. The fourth-order valence-electron chi connectivity index (χ4n) is 1.94. The monoisotopic (exact) mass is 319 g/mol. The van der Waals surface area contributed by atoms with Crippen LogP contribution in [0.2, 0.25) is 5.02 Å². The first kappa shape index (κ1) is 13.6. The summed E-state index contributed by atoms with van der Waals surface area (Å²) < 4.78 is 8.25. The maximum Gasteiger partial charge on any atom is 0.255 e. The Bertz CT molecular complexity index is 827. The third kappa shape index (κ3) is 2.61. The van der Waals surface area contributed by atoms with Gasteiger partial charge in [-0.1, -0.05) is 11.6 Å². The van der Waals surface area contributed by atoms with Gasteiger partial charge in [-0.15, -0.1) is 0 Å². The van der Waals surface area contributed by atoms with Crippen LogP contribution in [0.3, 0.4) is 0 Å². The smallest absolute Gasteiger partial charge is 0.255 e. The number of halogens is 1. The van der Waals surface area contributed by atoms with E-state index >= 15 is 0 Å². The summed E-state index contributed by atoms with van der Waals surface area (Å²) in [5, 5.41) is 3.12. The molecule has 0 unspecified atom stereocenters. The van der Waals surface area contributed by atoms with Crippen LogP contribution >= 0.6 is 23.3 Å². The van der Waals surface area contributed by atoms with Gasteiger partial charge in [-0.25, -0.2) is 0 Å². The van der Waals surface area contributed by atoms with E-state index in [1.165, 1.54) is 0 Å². The zero-order chi connectivity index (χ0) is 15.0. The molecular weight excluding hydrogens is 310 g/mol. The average molecular weight is 320 g/mol. The molecule has 1 heterocycles. The standard InChI is InChI=1S/C13H10ClN5OS/c14-9-1-2-10-12(19-21-18-10)11(9)17-13(20)6-3-7(15)5-8(16)4-6/h1-5H,15-16H2,(H,17,20). The molecule has 5 N–H and O–H groups in total. The molecule has 0 saturated carbocycles. The molecule has 3 rings (SSSR count). The first-order valence-corrected chi connectivity index (χ1v) is 7.03. The molecule has 1 aromatic heterocycles. The van der Waals surface area contributed by atoms with E-state index in [0.717, 1.165) is 11.7 Å². The van der Waals surface area contributed by atoms with Gasteiger partial charge >= 0.3 is 0 Å². The SMILES string of the molecule is Nc1cc(N)cc(C(=O)Nc2c(Cl)ccc3nsnc23)c1. The molecule has 0 fully saturated rings. The van der Waals surface area contributed by atoms with Crippen molar-refractivity contribution in [2.75, 3.05) is 16.8 Å². The van der Waals surface area contributed by atoms with Crippen molar-refractivity contribution < 1.29 is 4.79 Å². The molecule has 6 nitrogen and oxygen atoms in total. The van der Waals surface area contributed by atoms with Crippen molar-refractivity contribution in [3.8, 4) is 0 Å². The maximum atomic E-state index is 12.3. The number of rotatable bonds is 2. The van der Waals surface area contributed by atoms with Gasteiger partial charge in [0.25, 0.3) is 5.91 Å². The lowest BCUT2D eigenvalue weighted by Crippen LogP contribution is -2.13. The van der Waals surface area contributed by atoms with Crippen LogP contribution in [0.1, 0.15) is 10.4 Å². The molecule has 0 aliphatic rings. The first-order chi connectivity index (χ1) is 10.0. The normalized spacial score (nSPS) is 10.7. The van der Waals surface area contributed by atoms with E-state index in [1.54, 1.807) is 30.3 Å². The number of benzene rings is 2. The van der Waals surface area contributed by atoms with Crippen LogP contribution in [0.25, 0.3) is 11.0 Å². The number of nitrogens with one attached hydrogen (secondary N) is 1. The molecule has 0 aliphatic heterocycles. The van der Waals surface area contributed by atoms with Gasteiger partial charge in [-0.3, -0.25) is 4.79 Å². The van der Waals surface area contributed by atoms with Crippen molar-refractivity contribution in [1.82, 2.24) is 8.75 Å². The van der Waals surface area contributed by atoms with E-state index in [0.29, 0.717) is 38.7 Å². The summed E-state index contributed by atoms with van der Waals surface area (Å²) in [4.78, 5) is 12.3. The van der Waals surface area contributed by atoms with E-state index < -0.39 is 0 Å². The Morgan fingerprint density at radius 2 is 1.86 bits per heavy atom. The Kier molecular flexibility index (Phi) is 3.36. The van der Waals surface area contributed by atoms with Gasteiger partial charge in [0.05, 0.1) is 22.4 Å². The molecular formula is C13H10ClN5OS. The van der Waals surface area contributed by atoms with Gasteiger partial charge in [0.15, 0.2) is 0 Å². The number of nitrogen functional groups attached to an aromatic ring is 2. The Morgan fingerprint density at radius 3 is 2.57 bits per heavy atom. The molecule has 0 bridgehead atoms. The summed E-state index contributed by atoms with van der Waals surface area (Å²) in [7, 11) is 0. The van der Waals surface area contributed by atoms with E-state index in [1.807, 2.05) is 0 Å². The van der Waals surface area contributed by atoms with Crippen LogP contribution in [0.15, 0.2) is 30.3 Å². The summed E-state index contributed by atoms with van der Waals surface area (Å²) in [5.74, 6) is -0.364. The lowest BCUT2D eigenvalue weighted by Gasteiger charge is -2.09. The van der Waals surface area contributed by atoms with Gasteiger partial charge in [0.2, 0.25) is 0 Å². The fourth-order valence-corrected chi connectivity index (χ4v) is 2.68. The third-order valence-electron chi connectivity index (χ3n) is 2.86. The minimum atomic E-state index is -0.364. The summed E-state index contributed by atoms with van der Waals surface area (Å²) in [6, 6.07) is 8.07. The second-order valence-corrected chi connectivity index (χ2v) is 5.33. The molecule has 2 aromatic carbocycles. The Hall–Kier alpha value is -2.38. The van der Waals surface area contributed by atoms with Crippen molar-refractivity contribution in [3.63, 3.8) is 0 Å². The van der Waals surface area contributed by atoms with Gasteiger partial charge < -0.3 is 16.8 Å². The van der Waals surface area contributed by atoms with Gasteiger partial charge in [0, 0.05) is 16.9 Å². The zero-order valence-electron chi connectivity index (χ0n) is 10.6. The number of nitrogens with two attached hydrogens (primary N) is 2. The second kappa shape index (κ2) is 5.19. The number of anilines is 3. The number of aromatic nitrogens is 2. The molecule has 106 valence electrons. The molecule has 8 heteroatoms. The molecule has 0 saturated heterocycles. The summed E-state index contributed by atoms with van der Waals surface area (Å²) in [5.41, 5.74) is 14.2. The zero-order valence-corrected chi connectivity index (χ0v) is 12.2. The highest BCUT2D eigenvalue weighted by Crippen LogP contribution is 2.30. The molecule has 21 heavy (non-hydrogen) atoms. The van der Waals surface area contributed by atoms with Crippen molar-refractivity contribution in [2.24, 2.45) is 0 Å². The lowest BCUT2D eigenvalue weighted by molar-refractivity contribution is 0.102. The van der Waals surface area contributed by atoms with E-state index in [-0.39, 0.29) is 5.91 Å². The van der Waals surface area contributed by atoms with E-state index in [4.69, 9.17) is 23.1 Å². The lowest BCUT2D eigenvalue weighted by atomic mass is 10.1. The third-order valence-corrected chi connectivity index (χ3v) is 3.71. The van der Waals surface area contributed by atoms with Crippen molar-refractivity contribution in [1.29, 1.82) is 0 Å². The highest BCUT2D eigenvalue weighted by molar-refractivity contribution is 7.00. The fraction of sp³-hybridized carbons (Fsp3) is 0. The Labute approximate surface area is 129 Å². The number of carbonyl (C=O) groups is 1. The highest BCUT2D eigenvalue weighted by Gasteiger charge is 2.14. The molecule has 0 aliphatic carbocycles. The number of nitrogens with zero attached hydrogens (tertiary/aromatic N) is 2. The van der Waals surface area contributed by atoms with Crippen molar-refractivity contribution >= 4 is 57.3 Å². The highest BCUT2D eigenvalue weighted by atomic mass is 35.5. The average Bonchev–Trinajstić information content (AvgIpc) is 2.89. The minimum Gasteiger partial charge on any atom is -0.399 e. The van der Waals surface area contributed by atoms with Crippen LogP contribution < -0.4 is 16.8 Å². The molecule has 0 radical (unpaired) electrons. The van der Waals surface area contributed by atoms with Gasteiger partial charge in [0.1, 0.15) is 11.0 Å². The second-order valence-electron chi connectivity index (χ2n) is 4.40. The van der Waals surface area contributed by atoms with Gasteiger partial charge in [-0.2, -0.15) is 8.75 Å². The van der Waals surface area contributed by atoms with Crippen LogP contribution in [-0.4, -0.2) is 14.7 Å². The first-order valence-electron chi connectivity index (χ1n) is 5.93. The maximum absolute atomic E-state index is 12.3. The van der Waals surface area contributed by atoms with Gasteiger partial charge in [-0.05, 0) is 30.3 Å². The number of fused-ring (bicyclic) bond motifs is 1. The van der Waals surface area contributed by atoms with Crippen LogP contribution in [0.5, 0.6) is 0 Å². The molecule has 0 atom stereocenters. The summed E-state index contributed by atoms with van der Waals surface area (Å²) >= 11 is 7.18. The van der Waals surface area contributed by atoms with Crippen molar-refractivity contribution in [2.45, 2.75) is 0 Å². The molecule has 1 amide bonds.